The highest BCUT2D eigenvalue weighted by Gasteiger charge is 2.24. The highest BCUT2D eigenvalue weighted by atomic mass is 35.5. The van der Waals surface area contributed by atoms with Gasteiger partial charge in [0.1, 0.15) is 5.82 Å². The number of anilines is 1. The normalized spacial score (nSPS) is 11.8. The lowest BCUT2D eigenvalue weighted by molar-refractivity contribution is -0.141. The minimum absolute atomic E-state index is 0.115. The molecule has 2 aromatic carbocycles. The van der Waals surface area contributed by atoms with E-state index in [1.807, 2.05) is 0 Å². The molecule has 2 rings (SSSR count). The molecule has 1 unspecified atom stereocenters. The van der Waals surface area contributed by atoms with Crippen LogP contribution in [0.5, 0.6) is 0 Å². The fourth-order valence-electron chi connectivity index (χ4n) is 1.83. The molecule has 0 saturated carbocycles. The summed E-state index contributed by atoms with van der Waals surface area (Å²) in [6.45, 7) is 0. The van der Waals surface area contributed by atoms with E-state index in [4.69, 9.17) is 27.9 Å². The summed E-state index contributed by atoms with van der Waals surface area (Å²) < 4.78 is 18.7. The van der Waals surface area contributed by atoms with Gasteiger partial charge in [0.15, 0.2) is 6.04 Å². The van der Waals surface area contributed by atoms with Crippen LogP contribution in [0.1, 0.15) is 11.6 Å². The van der Waals surface area contributed by atoms with E-state index in [9.17, 15) is 9.18 Å². The van der Waals surface area contributed by atoms with Gasteiger partial charge in [0, 0.05) is 21.3 Å². The second kappa shape index (κ2) is 6.78. The van der Waals surface area contributed by atoms with Crippen molar-refractivity contribution in [3.63, 3.8) is 0 Å². The van der Waals surface area contributed by atoms with Gasteiger partial charge in [-0.3, -0.25) is 0 Å². The van der Waals surface area contributed by atoms with Crippen molar-refractivity contribution in [2.75, 3.05) is 12.4 Å². The molecule has 2 aromatic rings. The van der Waals surface area contributed by atoms with Crippen LogP contribution in [0.15, 0.2) is 42.5 Å². The van der Waals surface area contributed by atoms with E-state index in [1.165, 1.54) is 25.3 Å². The van der Waals surface area contributed by atoms with Gasteiger partial charge in [0.2, 0.25) is 0 Å². The molecule has 6 heteroatoms. The monoisotopic (exact) mass is 327 g/mol. The molecule has 1 N–H and O–H groups in total. The third-order valence-electron chi connectivity index (χ3n) is 2.86. The molecular weight excluding hydrogens is 316 g/mol. The van der Waals surface area contributed by atoms with Crippen LogP contribution in [-0.4, -0.2) is 13.1 Å². The number of hydrogen-bond donors (Lipinski definition) is 1. The Hall–Kier alpha value is -1.78. The number of carbonyl (C=O) groups is 1. The number of rotatable bonds is 4. The Balaban J connectivity index is 2.36. The molecule has 0 bridgehead atoms. The van der Waals surface area contributed by atoms with Crippen molar-refractivity contribution < 1.29 is 13.9 Å². The number of ether oxygens (including phenoxy) is 1. The number of halogens is 3. The maximum Gasteiger partial charge on any atom is 0.333 e. The van der Waals surface area contributed by atoms with Crippen molar-refractivity contribution in [1.82, 2.24) is 0 Å². The first-order valence-electron chi connectivity index (χ1n) is 6.06. The van der Waals surface area contributed by atoms with Crippen molar-refractivity contribution in [1.29, 1.82) is 0 Å². The lowest BCUT2D eigenvalue weighted by Crippen LogP contribution is -2.23. The first-order chi connectivity index (χ1) is 10.0. The van der Waals surface area contributed by atoms with Gasteiger partial charge in [0.05, 0.1) is 7.11 Å². The molecule has 0 amide bonds. The number of hydrogen-bond acceptors (Lipinski definition) is 3. The minimum atomic E-state index is -1.00. The van der Waals surface area contributed by atoms with Gasteiger partial charge in [-0.1, -0.05) is 23.2 Å². The van der Waals surface area contributed by atoms with E-state index >= 15 is 0 Å². The Morgan fingerprint density at radius 3 is 2.38 bits per heavy atom. The molecule has 0 spiro atoms. The molecule has 0 fully saturated rings. The van der Waals surface area contributed by atoms with Crippen molar-refractivity contribution in [3.05, 3.63) is 63.9 Å². The lowest BCUT2D eigenvalue weighted by Gasteiger charge is -2.19. The lowest BCUT2D eigenvalue weighted by atomic mass is 10.1. The second-order valence-electron chi connectivity index (χ2n) is 4.27. The Kier molecular flexibility index (Phi) is 5.04. The highest BCUT2D eigenvalue weighted by Crippen LogP contribution is 2.26. The van der Waals surface area contributed by atoms with Gasteiger partial charge >= 0.3 is 5.97 Å². The molecule has 0 aliphatic carbocycles. The van der Waals surface area contributed by atoms with E-state index in [1.54, 1.807) is 24.3 Å². The van der Waals surface area contributed by atoms with Crippen LogP contribution in [0.3, 0.4) is 0 Å². The van der Waals surface area contributed by atoms with Crippen LogP contribution >= 0.6 is 23.2 Å². The summed E-state index contributed by atoms with van der Waals surface area (Å²) in [7, 11) is 1.24. The third-order valence-corrected chi connectivity index (χ3v) is 3.35. The molecule has 0 aromatic heterocycles. The van der Waals surface area contributed by atoms with Crippen LogP contribution in [0.25, 0.3) is 0 Å². The molecule has 0 saturated heterocycles. The molecule has 0 aliphatic rings. The fourth-order valence-corrected chi connectivity index (χ4v) is 2.14. The van der Waals surface area contributed by atoms with Crippen LogP contribution in [0.4, 0.5) is 10.1 Å². The van der Waals surface area contributed by atoms with Crippen LogP contribution in [-0.2, 0) is 9.53 Å². The van der Waals surface area contributed by atoms with Gasteiger partial charge in [-0.2, -0.15) is 0 Å². The van der Waals surface area contributed by atoms with Gasteiger partial charge < -0.3 is 10.1 Å². The topological polar surface area (TPSA) is 38.3 Å². The molecular formula is C15H12Cl2FNO2. The van der Waals surface area contributed by atoms with E-state index < -0.39 is 17.8 Å². The van der Waals surface area contributed by atoms with E-state index in [0.717, 1.165) is 0 Å². The number of carbonyl (C=O) groups excluding carboxylic acids is 1. The second-order valence-corrected chi connectivity index (χ2v) is 5.15. The van der Waals surface area contributed by atoms with Crippen LogP contribution < -0.4 is 5.32 Å². The average molecular weight is 328 g/mol. The predicted molar refractivity (Wildman–Crippen MR) is 81.2 cm³/mol. The summed E-state index contributed by atoms with van der Waals surface area (Å²) in [6.07, 6.45) is 0. The number of nitrogens with one attached hydrogen (secondary N) is 1. The van der Waals surface area contributed by atoms with Gasteiger partial charge in [-0.25, -0.2) is 9.18 Å². The molecule has 21 heavy (non-hydrogen) atoms. The Morgan fingerprint density at radius 2 is 1.76 bits per heavy atom. The molecule has 0 aliphatic heterocycles. The standard InChI is InChI=1S/C15H12Cl2FNO2/c1-21-15(20)14(12-8-10(17)4-7-13(12)18)19-11-5-2-9(16)3-6-11/h2-8,14,19H,1H3. The Morgan fingerprint density at radius 1 is 1.14 bits per heavy atom. The van der Waals surface area contributed by atoms with Crippen molar-refractivity contribution in [2.24, 2.45) is 0 Å². The number of esters is 1. The third kappa shape index (κ3) is 3.86. The van der Waals surface area contributed by atoms with Crippen LogP contribution in [0, 0.1) is 5.82 Å². The van der Waals surface area contributed by atoms with Crippen molar-refractivity contribution in [2.45, 2.75) is 6.04 Å². The summed E-state index contributed by atoms with van der Waals surface area (Å²) in [5.74, 6) is -1.16. The van der Waals surface area contributed by atoms with Gasteiger partial charge in [-0.15, -0.1) is 0 Å². The Labute approximate surface area is 131 Å². The smallest absolute Gasteiger partial charge is 0.333 e. The quantitative estimate of drug-likeness (QED) is 0.842. The van der Waals surface area contributed by atoms with Crippen molar-refractivity contribution in [3.8, 4) is 0 Å². The SMILES string of the molecule is COC(=O)C(Nc1ccc(Cl)cc1)c1cc(Cl)ccc1F. The summed E-state index contributed by atoms with van der Waals surface area (Å²) in [5, 5.41) is 3.80. The zero-order valence-electron chi connectivity index (χ0n) is 11.1. The zero-order chi connectivity index (χ0) is 15.4. The summed E-state index contributed by atoms with van der Waals surface area (Å²) >= 11 is 11.7. The molecule has 1 atom stereocenters. The first-order valence-corrected chi connectivity index (χ1v) is 6.81. The van der Waals surface area contributed by atoms with E-state index in [0.29, 0.717) is 15.7 Å². The Bertz CT molecular complexity index is 647. The summed E-state index contributed by atoms with van der Waals surface area (Å²) in [4.78, 5) is 11.9. The molecule has 3 nitrogen and oxygen atoms in total. The maximum atomic E-state index is 14.0. The molecule has 110 valence electrons. The summed E-state index contributed by atoms with van der Waals surface area (Å²) in [6, 6.07) is 9.69. The maximum absolute atomic E-state index is 14.0. The number of methoxy groups -OCH3 is 1. The van der Waals surface area contributed by atoms with Crippen molar-refractivity contribution >= 4 is 34.9 Å². The fraction of sp³-hybridized carbons (Fsp3) is 0.133. The number of benzene rings is 2. The average Bonchev–Trinajstić information content (AvgIpc) is 2.48. The zero-order valence-corrected chi connectivity index (χ0v) is 12.6. The predicted octanol–water partition coefficient (Wildman–Crippen LogP) is 4.46. The summed E-state index contributed by atoms with van der Waals surface area (Å²) in [5.41, 5.74) is 0.721. The van der Waals surface area contributed by atoms with E-state index in [-0.39, 0.29) is 5.56 Å². The van der Waals surface area contributed by atoms with Gasteiger partial charge in [-0.05, 0) is 42.5 Å². The van der Waals surface area contributed by atoms with Gasteiger partial charge in [0.25, 0.3) is 0 Å². The minimum Gasteiger partial charge on any atom is -0.467 e. The largest absolute Gasteiger partial charge is 0.467 e. The molecule has 0 radical (unpaired) electrons. The van der Waals surface area contributed by atoms with Crippen LogP contribution in [0.2, 0.25) is 10.0 Å². The first kappa shape index (κ1) is 15.6. The highest BCUT2D eigenvalue weighted by molar-refractivity contribution is 6.31. The molecule has 0 heterocycles. The van der Waals surface area contributed by atoms with E-state index in [2.05, 4.69) is 5.32 Å².